The lowest BCUT2D eigenvalue weighted by Crippen LogP contribution is -2.54. The molecule has 0 aliphatic heterocycles. The molecule has 0 spiro atoms. The summed E-state index contributed by atoms with van der Waals surface area (Å²) in [5.41, 5.74) is 1.51. The van der Waals surface area contributed by atoms with Crippen molar-refractivity contribution in [2.24, 2.45) is 0 Å². The van der Waals surface area contributed by atoms with Crippen LogP contribution < -0.4 is 19.1 Å². The predicted octanol–water partition coefficient (Wildman–Crippen LogP) is 5.33. The van der Waals surface area contributed by atoms with Crippen LogP contribution in [0.2, 0.25) is 10.0 Å². The molecule has 0 aromatic heterocycles. The average molecular weight is 651 g/mol. The van der Waals surface area contributed by atoms with Crippen molar-refractivity contribution < 1.29 is 27.5 Å². The van der Waals surface area contributed by atoms with Gasteiger partial charge in [0.2, 0.25) is 21.8 Å². The van der Waals surface area contributed by atoms with Crippen LogP contribution >= 0.6 is 23.2 Å². The van der Waals surface area contributed by atoms with E-state index in [9.17, 15) is 18.0 Å². The Balaban J connectivity index is 2.13. The lowest BCUT2D eigenvalue weighted by atomic mass is 10.0. The summed E-state index contributed by atoms with van der Waals surface area (Å²) in [5, 5.41) is 3.71. The predicted molar refractivity (Wildman–Crippen MR) is 171 cm³/mol. The number of hydrogen-bond acceptors (Lipinski definition) is 6. The molecule has 0 bridgehead atoms. The van der Waals surface area contributed by atoms with Crippen molar-refractivity contribution >= 4 is 50.7 Å². The normalized spacial score (nSPS) is 12.6. The second kappa shape index (κ2) is 15.3. The number of benzene rings is 3. The van der Waals surface area contributed by atoms with Gasteiger partial charge in [0.1, 0.15) is 24.1 Å². The molecule has 3 aromatic rings. The highest BCUT2D eigenvalue weighted by molar-refractivity contribution is 7.92. The summed E-state index contributed by atoms with van der Waals surface area (Å²) in [6.45, 7) is 3.15. The van der Waals surface area contributed by atoms with Crippen molar-refractivity contribution in [1.29, 1.82) is 0 Å². The molecule has 1 N–H and O–H groups in total. The number of nitrogens with one attached hydrogen (secondary N) is 1. The molecule has 0 radical (unpaired) electrons. The van der Waals surface area contributed by atoms with E-state index in [1.165, 1.54) is 31.3 Å². The molecule has 0 fully saturated rings. The maximum absolute atomic E-state index is 14.3. The molecule has 3 rings (SSSR count). The SMILES string of the molecule is CC[C@H](C)NC(=O)[C@@H](Cc1ccccc1)N(Cc1ccc(Cl)cc1Cl)C(=O)CN(c1ccc(OC)cc1OC)S(C)(=O)=O. The Labute approximate surface area is 263 Å². The zero-order valence-corrected chi connectivity index (χ0v) is 27.2. The van der Waals surface area contributed by atoms with Crippen molar-refractivity contribution in [3.63, 3.8) is 0 Å². The van der Waals surface area contributed by atoms with Crippen molar-refractivity contribution in [2.75, 3.05) is 31.3 Å². The molecule has 43 heavy (non-hydrogen) atoms. The maximum atomic E-state index is 14.3. The van der Waals surface area contributed by atoms with Crippen molar-refractivity contribution in [1.82, 2.24) is 10.2 Å². The minimum absolute atomic E-state index is 0.0718. The minimum Gasteiger partial charge on any atom is -0.497 e. The molecule has 0 heterocycles. The fourth-order valence-electron chi connectivity index (χ4n) is 4.41. The highest BCUT2D eigenvalue weighted by Gasteiger charge is 2.34. The number of halogens is 2. The van der Waals surface area contributed by atoms with Crippen LogP contribution in [0.1, 0.15) is 31.4 Å². The summed E-state index contributed by atoms with van der Waals surface area (Å²) >= 11 is 12.6. The van der Waals surface area contributed by atoms with Crippen molar-refractivity contribution in [2.45, 2.75) is 45.3 Å². The van der Waals surface area contributed by atoms with E-state index in [1.807, 2.05) is 44.2 Å². The average Bonchev–Trinajstić information content (AvgIpc) is 2.98. The first-order valence-corrected chi connectivity index (χ1v) is 16.3. The molecular formula is C31H37Cl2N3O6S. The zero-order chi connectivity index (χ0) is 31.7. The van der Waals surface area contributed by atoms with Gasteiger partial charge in [0, 0.05) is 35.1 Å². The minimum atomic E-state index is -3.99. The number of carbonyl (C=O) groups is 2. The van der Waals surface area contributed by atoms with E-state index in [0.29, 0.717) is 27.8 Å². The van der Waals surface area contributed by atoms with Crippen LogP contribution in [0.3, 0.4) is 0 Å². The topological polar surface area (TPSA) is 105 Å². The molecule has 0 saturated carbocycles. The Morgan fingerprint density at radius 3 is 2.26 bits per heavy atom. The molecule has 9 nitrogen and oxygen atoms in total. The van der Waals surface area contributed by atoms with Crippen LogP contribution in [0.5, 0.6) is 11.5 Å². The summed E-state index contributed by atoms with van der Waals surface area (Å²) in [7, 11) is -1.12. The molecular weight excluding hydrogens is 613 g/mol. The van der Waals surface area contributed by atoms with Gasteiger partial charge in [-0.2, -0.15) is 0 Å². The number of ether oxygens (including phenoxy) is 2. The number of hydrogen-bond donors (Lipinski definition) is 1. The van der Waals surface area contributed by atoms with Crippen molar-refractivity contribution in [3.05, 3.63) is 87.9 Å². The van der Waals surface area contributed by atoms with Crippen LogP contribution in [-0.2, 0) is 32.6 Å². The second-order valence-corrected chi connectivity index (χ2v) is 12.8. The van der Waals surface area contributed by atoms with Gasteiger partial charge in [0.25, 0.3) is 0 Å². The molecule has 3 aromatic carbocycles. The van der Waals surface area contributed by atoms with E-state index in [1.54, 1.807) is 24.3 Å². The van der Waals surface area contributed by atoms with E-state index in [2.05, 4.69) is 5.32 Å². The molecule has 232 valence electrons. The van der Waals surface area contributed by atoms with Crippen LogP contribution in [0.25, 0.3) is 0 Å². The van der Waals surface area contributed by atoms with Crippen LogP contribution in [0, 0.1) is 0 Å². The van der Waals surface area contributed by atoms with Gasteiger partial charge in [-0.05, 0) is 48.7 Å². The second-order valence-electron chi connectivity index (χ2n) is 10.1. The Bertz CT molecular complexity index is 1520. The quantitative estimate of drug-likeness (QED) is 0.253. The van der Waals surface area contributed by atoms with E-state index < -0.39 is 28.5 Å². The molecule has 2 atom stereocenters. The molecule has 12 heteroatoms. The Kier molecular flexibility index (Phi) is 12.1. The van der Waals surface area contributed by atoms with Crippen LogP contribution in [0.15, 0.2) is 66.7 Å². The molecule has 0 unspecified atom stereocenters. The number of sulfonamides is 1. The lowest BCUT2D eigenvalue weighted by molar-refractivity contribution is -0.140. The highest BCUT2D eigenvalue weighted by atomic mass is 35.5. The number of carbonyl (C=O) groups excluding carboxylic acids is 2. The summed E-state index contributed by atoms with van der Waals surface area (Å²) < 4.78 is 37.8. The van der Waals surface area contributed by atoms with E-state index >= 15 is 0 Å². The first-order chi connectivity index (χ1) is 20.4. The van der Waals surface area contributed by atoms with Gasteiger partial charge in [0.05, 0.1) is 26.2 Å². The summed E-state index contributed by atoms with van der Waals surface area (Å²) in [6.07, 6.45) is 1.87. The third-order valence-electron chi connectivity index (χ3n) is 6.96. The van der Waals surface area contributed by atoms with Gasteiger partial charge in [-0.3, -0.25) is 13.9 Å². The highest BCUT2D eigenvalue weighted by Crippen LogP contribution is 2.34. The number of rotatable bonds is 14. The third kappa shape index (κ3) is 9.26. The fourth-order valence-corrected chi connectivity index (χ4v) is 5.74. The molecule has 0 saturated heterocycles. The van der Waals surface area contributed by atoms with Gasteiger partial charge < -0.3 is 19.7 Å². The van der Waals surface area contributed by atoms with E-state index in [-0.39, 0.29) is 36.4 Å². The first kappa shape index (κ1) is 34.0. The summed E-state index contributed by atoms with van der Waals surface area (Å²) in [5.74, 6) is -0.344. The van der Waals surface area contributed by atoms with E-state index in [0.717, 1.165) is 16.1 Å². The van der Waals surface area contributed by atoms with Crippen LogP contribution in [0.4, 0.5) is 5.69 Å². The van der Waals surface area contributed by atoms with E-state index in [4.69, 9.17) is 32.7 Å². The Morgan fingerprint density at radius 1 is 0.977 bits per heavy atom. The van der Waals surface area contributed by atoms with Gasteiger partial charge in [0.15, 0.2) is 0 Å². The Hall–Kier alpha value is -3.47. The number of methoxy groups -OCH3 is 2. The monoisotopic (exact) mass is 649 g/mol. The summed E-state index contributed by atoms with van der Waals surface area (Å²) in [6, 6.07) is 17.6. The van der Waals surface area contributed by atoms with Gasteiger partial charge >= 0.3 is 0 Å². The van der Waals surface area contributed by atoms with Crippen molar-refractivity contribution in [3.8, 4) is 11.5 Å². The number of anilines is 1. The summed E-state index contributed by atoms with van der Waals surface area (Å²) in [4.78, 5) is 29.4. The Morgan fingerprint density at radius 2 is 1.67 bits per heavy atom. The first-order valence-electron chi connectivity index (χ1n) is 13.6. The van der Waals surface area contributed by atoms with Gasteiger partial charge in [-0.15, -0.1) is 0 Å². The molecule has 0 aliphatic carbocycles. The van der Waals surface area contributed by atoms with Crippen LogP contribution in [-0.4, -0.2) is 64.2 Å². The largest absolute Gasteiger partial charge is 0.497 e. The van der Waals surface area contributed by atoms with Gasteiger partial charge in [-0.1, -0.05) is 66.5 Å². The maximum Gasteiger partial charge on any atom is 0.244 e. The van der Waals surface area contributed by atoms with Gasteiger partial charge in [-0.25, -0.2) is 8.42 Å². The standard InChI is InChI=1S/C31H37Cl2N3O6S/c1-6-21(2)34-31(38)28(16-22-10-8-7-9-11-22)35(19-23-12-13-24(32)17-26(23)33)30(37)20-36(43(5,39)40)27-15-14-25(41-3)18-29(27)42-4/h7-15,17-18,21,28H,6,16,19-20H2,1-5H3,(H,34,38)/t21-,28+/m0/s1. The molecule has 2 amide bonds. The number of amides is 2. The fraction of sp³-hybridized carbons (Fsp3) is 0.355. The lowest BCUT2D eigenvalue weighted by Gasteiger charge is -2.34. The number of nitrogens with zero attached hydrogens (tertiary/aromatic N) is 2. The smallest absolute Gasteiger partial charge is 0.244 e. The molecule has 0 aliphatic rings. The third-order valence-corrected chi connectivity index (χ3v) is 8.68. The zero-order valence-electron chi connectivity index (χ0n) is 24.8.